The van der Waals surface area contributed by atoms with Gasteiger partial charge in [-0.1, -0.05) is 78.9 Å². The number of ether oxygens (including phenoxy) is 1. The fraction of sp³-hybridized carbons (Fsp3) is 0.156. The highest BCUT2D eigenvalue weighted by Crippen LogP contribution is 2.44. The minimum atomic E-state index is -0.969. The van der Waals surface area contributed by atoms with E-state index >= 15 is 0 Å². The summed E-state index contributed by atoms with van der Waals surface area (Å²) in [6.45, 7) is 0.577. The summed E-state index contributed by atoms with van der Waals surface area (Å²) in [7, 11) is 0. The predicted octanol–water partition coefficient (Wildman–Crippen LogP) is 6.77. The third-order valence-corrected chi connectivity index (χ3v) is 7.79. The molecule has 0 saturated heterocycles. The van der Waals surface area contributed by atoms with E-state index in [2.05, 4.69) is 52.2 Å². The van der Waals surface area contributed by atoms with Crippen LogP contribution in [0.1, 0.15) is 39.4 Å². The lowest BCUT2D eigenvalue weighted by Gasteiger charge is -2.23. The number of carboxylic acids is 1. The van der Waals surface area contributed by atoms with Gasteiger partial charge in [-0.2, -0.15) is 0 Å². The van der Waals surface area contributed by atoms with Gasteiger partial charge in [0.15, 0.2) is 0 Å². The molecule has 0 saturated carbocycles. The number of carbonyl (C=O) groups excluding carboxylic acids is 2. The maximum atomic E-state index is 13.3. The van der Waals surface area contributed by atoms with Crippen LogP contribution in [-0.2, 0) is 16.1 Å². The quantitative estimate of drug-likeness (QED) is 0.196. The van der Waals surface area contributed by atoms with E-state index in [4.69, 9.17) is 9.84 Å². The number of rotatable bonds is 9. The summed E-state index contributed by atoms with van der Waals surface area (Å²) in [5, 5.41) is 11.9. The van der Waals surface area contributed by atoms with E-state index in [0.29, 0.717) is 21.4 Å². The SMILES string of the molecule is O=C(O)CCN(Cc1ccccc1)C(=O)c1ccc(NC(=O)OCC2c3ccccc3-c3ccccc32)c(I)c1. The summed E-state index contributed by atoms with van der Waals surface area (Å²) >= 11 is 2.06. The number of amides is 2. The fourth-order valence-electron chi connectivity index (χ4n) is 4.96. The zero-order valence-electron chi connectivity index (χ0n) is 21.5. The lowest BCUT2D eigenvalue weighted by atomic mass is 9.98. The van der Waals surface area contributed by atoms with Crippen LogP contribution in [0.3, 0.4) is 0 Å². The van der Waals surface area contributed by atoms with Crippen molar-refractivity contribution in [2.45, 2.75) is 18.9 Å². The first-order valence-electron chi connectivity index (χ1n) is 12.9. The molecule has 2 amide bonds. The molecule has 1 aliphatic rings. The first-order valence-corrected chi connectivity index (χ1v) is 13.9. The van der Waals surface area contributed by atoms with Gasteiger partial charge < -0.3 is 14.7 Å². The Morgan fingerprint density at radius 2 is 1.48 bits per heavy atom. The topological polar surface area (TPSA) is 95.9 Å². The number of anilines is 1. The molecule has 2 N–H and O–H groups in total. The number of carboxylic acid groups (broad SMARTS) is 1. The number of carbonyl (C=O) groups is 3. The number of aliphatic carboxylic acids is 1. The van der Waals surface area contributed by atoms with Crippen molar-refractivity contribution in [2.75, 3.05) is 18.5 Å². The smallest absolute Gasteiger partial charge is 0.411 e. The number of benzene rings is 4. The summed E-state index contributed by atoms with van der Waals surface area (Å²) in [6, 6.07) is 30.7. The van der Waals surface area contributed by atoms with E-state index in [1.807, 2.05) is 54.6 Å². The molecule has 0 spiro atoms. The Kier molecular flexibility index (Phi) is 8.45. The minimum Gasteiger partial charge on any atom is -0.481 e. The Bertz CT molecular complexity index is 1510. The molecule has 0 fully saturated rings. The second-order valence-electron chi connectivity index (χ2n) is 9.50. The van der Waals surface area contributed by atoms with Crippen molar-refractivity contribution in [3.05, 3.63) is 123 Å². The van der Waals surface area contributed by atoms with Crippen LogP contribution in [0, 0.1) is 3.57 Å². The molecule has 0 atom stereocenters. The Hall–Kier alpha value is -4.18. The van der Waals surface area contributed by atoms with E-state index in [0.717, 1.165) is 27.8 Å². The summed E-state index contributed by atoms with van der Waals surface area (Å²) < 4.78 is 6.31. The number of halogens is 1. The Morgan fingerprint density at radius 3 is 2.10 bits per heavy atom. The summed E-state index contributed by atoms with van der Waals surface area (Å²) in [5.74, 6) is -1.29. The van der Waals surface area contributed by atoms with Crippen LogP contribution < -0.4 is 5.32 Å². The molecule has 0 aliphatic heterocycles. The predicted molar refractivity (Wildman–Crippen MR) is 161 cm³/mol. The van der Waals surface area contributed by atoms with Gasteiger partial charge in [0.05, 0.1) is 12.1 Å². The third-order valence-electron chi connectivity index (χ3n) is 6.90. The number of hydrogen-bond donors (Lipinski definition) is 2. The van der Waals surface area contributed by atoms with Gasteiger partial charge in [-0.15, -0.1) is 0 Å². The van der Waals surface area contributed by atoms with E-state index in [1.165, 1.54) is 4.90 Å². The molecular weight excluding hydrogens is 619 g/mol. The fourth-order valence-corrected chi connectivity index (χ4v) is 5.61. The highest BCUT2D eigenvalue weighted by atomic mass is 127. The molecule has 0 radical (unpaired) electrons. The van der Waals surface area contributed by atoms with E-state index in [-0.39, 0.29) is 31.4 Å². The molecule has 4 aromatic carbocycles. The molecule has 5 rings (SSSR count). The van der Waals surface area contributed by atoms with Crippen LogP contribution in [-0.4, -0.2) is 41.1 Å². The first-order chi connectivity index (χ1) is 19.4. The van der Waals surface area contributed by atoms with Gasteiger partial charge in [0.1, 0.15) is 6.61 Å². The largest absolute Gasteiger partial charge is 0.481 e. The zero-order valence-corrected chi connectivity index (χ0v) is 23.7. The summed E-state index contributed by atoms with van der Waals surface area (Å²) in [4.78, 5) is 38.8. The highest BCUT2D eigenvalue weighted by molar-refractivity contribution is 14.1. The van der Waals surface area contributed by atoms with Gasteiger partial charge in [-0.25, -0.2) is 4.79 Å². The summed E-state index contributed by atoms with van der Waals surface area (Å²) in [6.07, 6.45) is -0.733. The molecular formula is C32H27IN2O5. The van der Waals surface area contributed by atoms with Gasteiger partial charge in [0, 0.05) is 28.1 Å². The highest BCUT2D eigenvalue weighted by Gasteiger charge is 2.29. The molecule has 4 aromatic rings. The second kappa shape index (κ2) is 12.3. The summed E-state index contributed by atoms with van der Waals surface area (Å²) in [5.41, 5.74) is 6.43. The van der Waals surface area contributed by atoms with Crippen LogP contribution in [0.25, 0.3) is 11.1 Å². The molecule has 1 aliphatic carbocycles. The Morgan fingerprint density at radius 1 is 0.850 bits per heavy atom. The van der Waals surface area contributed by atoms with Crippen molar-refractivity contribution in [3.63, 3.8) is 0 Å². The molecule has 40 heavy (non-hydrogen) atoms. The molecule has 0 bridgehead atoms. The van der Waals surface area contributed by atoms with Crippen LogP contribution >= 0.6 is 22.6 Å². The van der Waals surface area contributed by atoms with Crippen molar-refractivity contribution in [2.24, 2.45) is 0 Å². The molecule has 7 nitrogen and oxygen atoms in total. The van der Waals surface area contributed by atoms with Crippen molar-refractivity contribution < 1.29 is 24.2 Å². The van der Waals surface area contributed by atoms with Gasteiger partial charge in [0.2, 0.25) is 0 Å². The zero-order chi connectivity index (χ0) is 28.1. The normalized spacial score (nSPS) is 11.8. The van der Waals surface area contributed by atoms with Crippen molar-refractivity contribution in [1.82, 2.24) is 4.90 Å². The minimum absolute atomic E-state index is 0.0429. The standard InChI is InChI=1S/C32H27IN2O5/c33-28-18-22(31(38)35(17-16-30(36)37)19-21-8-2-1-3-9-21)14-15-29(28)34-32(39)40-20-27-25-12-6-4-10-23(25)24-11-5-7-13-26(24)27/h1-15,18,27H,16-17,19-20H2,(H,34,39)(H,36,37). The lowest BCUT2D eigenvalue weighted by Crippen LogP contribution is -2.32. The van der Waals surface area contributed by atoms with Crippen LogP contribution in [0.2, 0.25) is 0 Å². The van der Waals surface area contributed by atoms with Gasteiger partial charge in [0.25, 0.3) is 5.91 Å². The van der Waals surface area contributed by atoms with Gasteiger partial charge >= 0.3 is 12.1 Å². The Balaban J connectivity index is 1.25. The van der Waals surface area contributed by atoms with Crippen LogP contribution in [0.4, 0.5) is 10.5 Å². The van der Waals surface area contributed by atoms with E-state index in [1.54, 1.807) is 18.2 Å². The number of nitrogens with one attached hydrogen (secondary N) is 1. The molecule has 202 valence electrons. The average Bonchev–Trinajstić information content (AvgIpc) is 3.29. The first kappa shape index (κ1) is 27.4. The van der Waals surface area contributed by atoms with Gasteiger partial charge in [-0.3, -0.25) is 14.9 Å². The van der Waals surface area contributed by atoms with Crippen LogP contribution in [0.15, 0.2) is 97.1 Å². The van der Waals surface area contributed by atoms with E-state index < -0.39 is 12.1 Å². The van der Waals surface area contributed by atoms with E-state index in [9.17, 15) is 14.4 Å². The third kappa shape index (κ3) is 6.17. The number of hydrogen-bond acceptors (Lipinski definition) is 4. The molecule has 0 heterocycles. The second-order valence-corrected chi connectivity index (χ2v) is 10.7. The maximum absolute atomic E-state index is 13.3. The van der Waals surface area contributed by atoms with Crippen molar-refractivity contribution in [3.8, 4) is 11.1 Å². The Labute approximate surface area is 245 Å². The molecule has 8 heteroatoms. The number of nitrogens with zero attached hydrogens (tertiary/aromatic N) is 1. The molecule has 0 aromatic heterocycles. The number of fused-ring (bicyclic) bond motifs is 3. The maximum Gasteiger partial charge on any atom is 0.411 e. The van der Waals surface area contributed by atoms with Gasteiger partial charge in [-0.05, 0) is 68.6 Å². The lowest BCUT2D eigenvalue weighted by molar-refractivity contribution is -0.137. The van der Waals surface area contributed by atoms with Crippen molar-refractivity contribution in [1.29, 1.82) is 0 Å². The van der Waals surface area contributed by atoms with Crippen molar-refractivity contribution >= 4 is 46.2 Å². The molecule has 0 unspecified atom stereocenters. The average molecular weight is 646 g/mol. The monoisotopic (exact) mass is 646 g/mol. The van der Waals surface area contributed by atoms with Crippen LogP contribution in [0.5, 0.6) is 0 Å².